The van der Waals surface area contributed by atoms with E-state index in [2.05, 4.69) is 10.6 Å². The molecule has 3 rings (SSSR count). The minimum Gasteiger partial charge on any atom is -0.391 e. The van der Waals surface area contributed by atoms with Gasteiger partial charge < -0.3 is 20.6 Å². The van der Waals surface area contributed by atoms with Crippen molar-refractivity contribution < 1.29 is 14.7 Å². The molecule has 1 aromatic rings. The summed E-state index contributed by atoms with van der Waals surface area (Å²) in [6, 6.07) is 8.37. The van der Waals surface area contributed by atoms with Gasteiger partial charge in [-0.15, -0.1) is 0 Å². The first kappa shape index (κ1) is 16.8. The number of aliphatic hydroxyl groups excluding tert-OH is 1. The van der Waals surface area contributed by atoms with Gasteiger partial charge in [-0.2, -0.15) is 0 Å². The summed E-state index contributed by atoms with van der Waals surface area (Å²) in [4.78, 5) is 26.5. The van der Waals surface area contributed by atoms with Gasteiger partial charge in [0.1, 0.15) is 6.04 Å². The highest BCUT2D eigenvalue weighted by Crippen LogP contribution is 2.22. The number of para-hydroxylation sites is 1. The highest BCUT2D eigenvalue weighted by Gasteiger charge is 2.39. The summed E-state index contributed by atoms with van der Waals surface area (Å²) in [5, 5.41) is 15.8. The van der Waals surface area contributed by atoms with E-state index >= 15 is 0 Å². The fourth-order valence-electron chi connectivity index (χ4n) is 3.55. The fraction of sp³-hybridized carbons (Fsp3) is 0.556. The number of carbonyl (C=O) groups is 2. The summed E-state index contributed by atoms with van der Waals surface area (Å²) in [5.74, 6) is -0.151. The molecule has 130 valence electrons. The molecule has 0 radical (unpaired) electrons. The van der Waals surface area contributed by atoms with Crippen LogP contribution in [0.1, 0.15) is 38.5 Å². The van der Waals surface area contributed by atoms with Crippen molar-refractivity contribution in [1.82, 2.24) is 10.2 Å². The summed E-state index contributed by atoms with van der Waals surface area (Å²) in [5.41, 5.74) is 0.676. The van der Waals surface area contributed by atoms with Crippen LogP contribution in [0.25, 0.3) is 0 Å². The molecule has 0 aromatic heterocycles. The van der Waals surface area contributed by atoms with Crippen molar-refractivity contribution in [3.63, 3.8) is 0 Å². The third kappa shape index (κ3) is 4.06. The fourth-order valence-corrected chi connectivity index (χ4v) is 3.55. The number of β-amino-alcohol motifs (C(OH)–C–C–N with tert-alkyl or cyclic N) is 1. The average molecular weight is 331 g/mol. The van der Waals surface area contributed by atoms with Crippen molar-refractivity contribution in [2.75, 3.05) is 11.9 Å². The molecule has 2 aliphatic rings. The molecule has 3 amide bonds. The Morgan fingerprint density at radius 2 is 1.79 bits per heavy atom. The molecule has 0 spiro atoms. The Kier molecular flexibility index (Phi) is 5.35. The number of likely N-dealkylation sites (tertiary alicyclic amines) is 1. The highest BCUT2D eigenvalue weighted by molar-refractivity contribution is 5.94. The molecule has 2 fully saturated rings. The van der Waals surface area contributed by atoms with Crippen molar-refractivity contribution in [2.45, 2.75) is 56.7 Å². The Balaban J connectivity index is 1.62. The first-order valence-electron chi connectivity index (χ1n) is 8.74. The predicted octanol–water partition coefficient (Wildman–Crippen LogP) is 2.10. The highest BCUT2D eigenvalue weighted by atomic mass is 16.3. The number of nitrogens with one attached hydrogen (secondary N) is 2. The molecule has 0 bridgehead atoms. The number of hydrogen-bond donors (Lipinski definition) is 3. The molecule has 1 aromatic carbocycles. The quantitative estimate of drug-likeness (QED) is 0.793. The lowest BCUT2D eigenvalue weighted by Crippen LogP contribution is -2.50. The second kappa shape index (κ2) is 7.66. The van der Waals surface area contributed by atoms with Crippen molar-refractivity contribution in [1.29, 1.82) is 0 Å². The number of nitrogens with zero attached hydrogens (tertiary/aromatic N) is 1. The maximum absolute atomic E-state index is 12.6. The molecule has 1 heterocycles. The Labute approximate surface area is 142 Å². The number of anilines is 1. The Bertz CT molecular complexity index is 572. The van der Waals surface area contributed by atoms with Gasteiger partial charge >= 0.3 is 6.03 Å². The number of aliphatic hydroxyl groups is 1. The molecule has 24 heavy (non-hydrogen) atoms. The van der Waals surface area contributed by atoms with Crippen LogP contribution in [-0.4, -0.2) is 46.7 Å². The summed E-state index contributed by atoms with van der Waals surface area (Å²) >= 11 is 0. The van der Waals surface area contributed by atoms with Crippen LogP contribution in [0, 0.1) is 0 Å². The van der Waals surface area contributed by atoms with Crippen LogP contribution < -0.4 is 10.6 Å². The van der Waals surface area contributed by atoms with E-state index in [-0.39, 0.29) is 24.5 Å². The van der Waals surface area contributed by atoms with Crippen LogP contribution in [0.3, 0.4) is 0 Å². The Morgan fingerprint density at radius 3 is 2.50 bits per heavy atom. The number of benzene rings is 1. The molecular formula is C18H25N3O3. The third-order valence-electron chi connectivity index (χ3n) is 4.82. The van der Waals surface area contributed by atoms with Gasteiger partial charge in [0.25, 0.3) is 0 Å². The first-order valence-corrected chi connectivity index (χ1v) is 8.74. The maximum Gasteiger partial charge on any atom is 0.322 e. The average Bonchev–Trinajstić information content (AvgIpc) is 2.99. The molecule has 1 aliphatic heterocycles. The van der Waals surface area contributed by atoms with Crippen LogP contribution >= 0.6 is 0 Å². The van der Waals surface area contributed by atoms with Crippen LogP contribution in [0.5, 0.6) is 0 Å². The second-order valence-corrected chi connectivity index (χ2v) is 6.70. The minimum absolute atomic E-state index is 0.151. The van der Waals surface area contributed by atoms with Gasteiger partial charge in [-0.3, -0.25) is 4.79 Å². The first-order chi connectivity index (χ1) is 11.6. The number of rotatable bonds is 3. The van der Waals surface area contributed by atoms with Crippen molar-refractivity contribution >= 4 is 17.6 Å². The van der Waals surface area contributed by atoms with E-state index in [9.17, 15) is 14.7 Å². The van der Waals surface area contributed by atoms with Crippen LogP contribution in [0.4, 0.5) is 10.5 Å². The van der Waals surface area contributed by atoms with E-state index in [0.29, 0.717) is 12.1 Å². The monoisotopic (exact) mass is 331 g/mol. The van der Waals surface area contributed by atoms with Gasteiger partial charge in [0.15, 0.2) is 0 Å². The molecule has 6 nitrogen and oxygen atoms in total. The number of amides is 3. The lowest BCUT2D eigenvalue weighted by Gasteiger charge is -2.28. The summed E-state index contributed by atoms with van der Waals surface area (Å²) in [6.07, 6.45) is 5.12. The van der Waals surface area contributed by atoms with Gasteiger partial charge in [0, 0.05) is 24.7 Å². The van der Waals surface area contributed by atoms with E-state index in [1.807, 2.05) is 18.2 Å². The van der Waals surface area contributed by atoms with Gasteiger partial charge in [0.05, 0.1) is 6.10 Å². The lowest BCUT2D eigenvalue weighted by atomic mass is 9.95. The maximum atomic E-state index is 12.6. The molecular weight excluding hydrogens is 306 g/mol. The van der Waals surface area contributed by atoms with Gasteiger partial charge in [-0.05, 0) is 25.0 Å². The smallest absolute Gasteiger partial charge is 0.322 e. The van der Waals surface area contributed by atoms with Crippen molar-refractivity contribution in [3.8, 4) is 0 Å². The SMILES string of the molecule is O=C(NC1CCCCC1)[C@@H]1C[C@H](O)CN1C(=O)Nc1ccccc1. The lowest BCUT2D eigenvalue weighted by molar-refractivity contribution is -0.125. The van der Waals surface area contributed by atoms with E-state index in [1.54, 1.807) is 12.1 Å². The van der Waals surface area contributed by atoms with Gasteiger partial charge in [-0.25, -0.2) is 4.79 Å². The molecule has 2 atom stereocenters. The summed E-state index contributed by atoms with van der Waals surface area (Å²) < 4.78 is 0. The zero-order chi connectivity index (χ0) is 16.9. The third-order valence-corrected chi connectivity index (χ3v) is 4.82. The van der Waals surface area contributed by atoms with E-state index < -0.39 is 12.1 Å². The van der Waals surface area contributed by atoms with E-state index in [1.165, 1.54) is 11.3 Å². The number of urea groups is 1. The molecule has 0 unspecified atom stereocenters. The van der Waals surface area contributed by atoms with Gasteiger partial charge in [-0.1, -0.05) is 37.5 Å². The van der Waals surface area contributed by atoms with Crippen molar-refractivity contribution in [2.24, 2.45) is 0 Å². The predicted molar refractivity (Wildman–Crippen MR) is 91.6 cm³/mol. The number of carbonyl (C=O) groups excluding carboxylic acids is 2. The zero-order valence-corrected chi connectivity index (χ0v) is 13.8. The van der Waals surface area contributed by atoms with Crippen LogP contribution in [0.2, 0.25) is 0 Å². The van der Waals surface area contributed by atoms with Crippen LogP contribution in [-0.2, 0) is 4.79 Å². The largest absolute Gasteiger partial charge is 0.391 e. The molecule has 3 N–H and O–H groups in total. The summed E-state index contributed by atoms with van der Waals surface area (Å²) in [6.45, 7) is 0.182. The molecule has 1 aliphatic carbocycles. The summed E-state index contributed by atoms with van der Waals surface area (Å²) in [7, 11) is 0. The molecule has 1 saturated carbocycles. The van der Waals surface area contributed by atoms with Gasteiger partial charge in [0.2, 0.25) is 5.91 Å². The zero-order valence-electron chi connectivity index (χ0n) is 13.8. The molecule has 6 heteroatoms. The Hall–Kier alpha value is -2.08. The minimum atomic E-state index is -0.659. The second-order valence-electron chi connectivity index (χ2n) is 6.70. The van der Waals surface area contributed by atoms with E-state index in [0.717, 1.165) is 25.7 Å². The standard InChI is InChI=1S/C18H25N3O3/c22-15-11-16(17(23)19-13-7-3-1-4-8-13)21(12-15)18(24)20-14-9-5-2-6-10-14/h2,5-6,9-10,13,15-16,22H,1,3-4,7-8,11-12H2,(H,19,23)(H,20,24)/t15-,16-/m0/s1. The topological polar surface area (TPSA) is 81.7 Å². The number of hydrogen-bond acceptors (Lipinski definition) is 3. The van der Waals surface area contributed by atoms with Crippen molar-refractivity contribution in [3.05, 3.63) is 30.3 Å². The normalized spacial score (nSPS) is 24.6. The van der Waals surface area contributed by atoms with E-state index in [4.69, 9.17) is 0 Å². The van der Waals surface area contributed by atoms with Crippen LogP contribution in [0.15, 0.2) is 30.3 Å². The molecule has 1 saturated heterocycles. The Morgan fingerprint density at radius 1 is 1.08 bits per heavy atom.